The Hall–Kier alpha value is -1.51. The summed E-state index contributed by atoms with van der Waals surface area (Å²) in [7, 11) is 2.08. The van der Waals surface area contributed by atoms with Crippen LogP contribution < -0.4 is 5.32 Å². The zero-order valence-electron chi connectivity index (χ0n) is 10.3. The number of hydrogen-bond acceptors (Lipinski definition) is 2. The molecule has 17 heavy (non-hydrogen) atoms. The summed E-state index contributed by atoms with van der Waals surface area (Å²) in [6, 6.07) is 8.91. The van der Waals surface area contributed by atoms with E-state index in [2.05, 4.69) is 40.1 Å². The van der Waals surface area contributed by atoms with E-state index >= 15 is 0 Å². The highest BCUT2D eigenvalue weighted by molar-refractivity contribution is 5.78. The maximum Gasteiger partial charge on any atom is 0.203 e. The number of aromatic nitrogens is 2. The lowest BCUT2D eigenvalue weighted by Crippen LogP contribution is -2.23. The molecule has 0 atom stereocenters. The van der Waals surface area contributed by atoms with Gasteiger partial charge < -0.3 is 9.88 Å². The summed E-state index contributed by atoms with van der Waals surface area (Å²) in [4.78, 5) is 4.66. The van der Waals surface area contributed by atoms with Gasteiger partial charge >= 0.3 is 0 Å². The lowest BCUT2D eigenvalue weighted by Gasteiger charge is -2.23. The van der Waals surface area contributed by atoms with E-state index in [1.54, 1.807) is 0 Å². The lowest BCUT2D eigenvalue weighted by molar-refractivity contribution is 0.460. The zero-order valence-corrected chi connectivity index (χ0v) is 10.3. The Bertz CT molecular complexity index is 509. The predicted molar refractivity (Wildman–Crippen MR) is 71.2 cm³/mol. The van der Waals surface area contributed by atoms with Gasteiger partial charge in [-0.05, 0) is 25.0 Å². The molecule has 1 aliphatic rings. The Morgan fingerprint density at radius 1 is 1.18 bits per heavy atom. The minimum Gasteiger partial charge on any atom is -0.353 e. The summed E-state index contributed by atoms with van der Waals surface area (Å²) in [5.41, 5.74) is 2.28. The van der Waals surface area contributed by atoms with Gasteiger partial charge in [-0.15, -0.1) is 0 Å². The molecule has 1 heterocycles. The van der Waals surface area contributed by atoms with Crippen molar-refractivity contribution in [2.75, 3.05) is 5.32 Å². The van der Waals surface area contributed by atoms with Crippen molar-refractivity contribution in [1.82, 2.24) is 9.55 Å². The van der Waals surface area contributed by atoms with Gasteiger partial charge in [0.05, 0.1) is 11.0 Å². The van der Waals surface area contributed by atoms with Crippen molar-refractivity contribution in [2.24, 2.45) is 7.05 Å². The largest absolute Gasteiger partial charge is 0.353 e. The van der Waals surface area contributed by atoms with Crippen LogP contribution in [0.25, 0.3) is 11.0 Å². The van der Waals surface area contributed by atoms with E-state index in [0.29, 0.717) is 6.04 Å². The lowest BCUT2D eigenvalue weighted by atomic mass is 9.96. The summed E-state index contributed by atoms with van der Waals surface area (Å²) in [6.07, 6.45) is 6.65. The minimum absolute atomic E-state index is 0.610. The molecule has 2 aromatic rings. The average molecular weight is 229 g/mol. The third kappa shape index (κ3) is 2.02. The highest BCUT2D eigenvalue weighted by Gasteiger charge is 2.15. The molecule has 1 saturated carbocycles. The van der Waals surface area contributed by atoms with Crippen LogP contribution in [0.3, 0.4) is 0 Å². The Balaban J connectivity index is 1.87. The van der Waals surface area contributed by atoms with Crippen LogP contribution >= 0.6 is 0 Å². The molecule has 0 bridgehead atoms. The van der Waals surface area contributed by atoms with Crippen LogP contribution in [-0.2, 0) is 7.05 Å². The number of rotatable bonds is 2. The molecule has 3 nitrogen and oxygen atoms in total. The second kappa shape index (κ2) is 4.40. The van der Waals surface area contributed by atoms with Crippen LogP contribution in [-0.4, -0.2) is 15.6 Å². The maximum atomic E-state index is 4.66. The van der Waals surface area contributed by atoms with Crippen molar-refractivity contribution in [1.29, 1.82) is 0 Å². The van der Waals surface area contributed by atoms with E-state index in [-0.39, 0.29) is 0 Å². The molecule has 1 aliphatic carbocycles. The minimum atomic E-state index is 0.610. The number of nitrogens with one attached hydrogen (secondary N) is 1. The predicted octanol–water partition coefficient (Wildman–Crippen LogP) is 3.32. The van der Waals surface area contributed by atoms with Gasteiger partial charge in [-0.2, -0.15) is 0 Å². The fourth-order valence-electron chi connectivity index (χ4n) is 2.70. The number of benzene rings is 1. The molecule has 3 heteroatoms. The summed E-state index contributed by atoms with van der Waals surface area (Å²) in [6.45, 7) is 0. The zero-order chi connectivity index (χ0) is 11.7. The van der Waals surface area contributed by atoms with Crippen molar-refractivity contribution < 1.29 is 0 Å². The van der Waals surface area contributed by atoms with Crippen molar-refractivity contribution in [3.8, 4) is 0 Å². The highest BCUT2D eigenvalue weighted by Crippen LogP contribution is 2.23. The van der Waals surface area contributed by atoms with Crippen molar-refractivity contribution >= 4 is 17.0 Å². The molecule has 0 saturated heterocycles. The molecule has 1 aromatic heterocycles. The third-order valence-corrected chi connectivity index (χ3v) is 3.73. The molecule has 0 aliphatic heterocycles. The number of hydrogen-bond donors (Lipinski definition) is 1. The Labute approximate surface area is 102 Å². The standard InChI is InChI=1S/C14H19N3/c1-17-13-10-6-5-9-12(13)16-14(17)15-11-7-3-2-4-8-11/h5-6,9-11H,2-4,7-8H2,1H3,(H,15,16). The molecule has 0 radical (unpaired) electrons. The first kappa shape index (κ1) is 10.6. The number of anilines is 1. The topological polar surface area (TPSA) is 29.9 Å². The van der Waals surface area contributed by atoms with Crippen LogP contribution in [0.1, 0.15) is 32.1 Å². The van der Waals surface area contributed by atoms with Crippen LogP contribution in [0, 0.1) is 0 Å². The van der Waals surface area contributed by atoms with Gasteiger partial charge in [-0.3, -0.25) is 0 Å². The van der Waals surface area contributed by atoms with Gasteiger partial charge in [-0.1, -0.05) is 31.4 Å². The Morgan fingerprint density at radius 3 is 2.71 bits per heavy atom. The number of fused-ring (bicyclic) bond motifs is 1. The first-order chi connectivity index (χ1) is 8.34. The maximum absolute atomic E-state index is 4.66. The molecule has 3 rings (SSSR count). The number of imidazole rings is 1. The third-order valence-electron chi connectivity index (χ3n) is 3.73. The van der Waals surface area contributed by atoms with E-state index in [9.17, 15) is 0 Å². The molecule has 90 valence electrons. The summed E-state index contributed by atoms with van der Waals surface area (Å²) < 4.78 is 2.16. The van der Waals surface area contributed by atoms with Crippen molar-refractivity contribution in [2.45, 2.75) is 38.1 Å². The molecule has 1 aromatic carbocycles. The number of nitrogens with zero attached hydrogens (tertiary/aromatic N) is 2. The van der Waals surface area contributed by atoms with Crippen LogP contribution in [0.2, 0.25) is 0 Å². The second-order valence-electron chi connectivity index (χ2n) is 4.96. The van der Waals surface area contributed by atoms with Gasteiger partial charge in [0.15, 0.2) is 0 Å². The molecule has 1 N–H and O–H groups in total. The van der Waals surface area contributed by atoms with Crippen LogP contribution in [0.15, 0.2) is 24.3 Å². The first-order valence-electron chi connectivity index (χ1n) is 6.52. The molecular formula is C14H19N3. The normalized spacial score (nSPS) is 17.5. The van der Waals surface area contributed by atoms with Gasteiger partial charge in [0.25, 0.3) is 0 Å². The summed E-state index contributed by atoms with van der Waals surface area (Å²) in [5, 5.41) is 3.59. The fourth-order valence-corrected chi connectivity index (χ4v) is 2.70. The van der Waals surface area contributed by atoms with Gasteiger partial charge in [0, 0.05) is 13.1 Å². The van der Waals surface area contributed by atoms with Gasteiger partial charge in [0.1, 0.15) is 0 Å². The van der Waals surface area contributed by atoms with Crippen molar-refractivity contribution in [3.63, 3.8) is 0 Å². The second-order valence-corrected chi connectivity index (χ2v) is 4.96. The van der Waals surface area contributed by atoms with E-state index in [4.69, 9.17) is 0 Å². The van der Waals surface area contributed by atoms with E-state index < -0.39 is 0 Å². The Morgan fingerprint density at radius 2 is 1.94 bits per heavy atom. The van der Waals surface area contributed by atoms with E-state index in [0.717, 1.165) is 11.5 Å². The van der Waals surface area contributed by atoms with E-state index in [1.165, 1.54) is 37.6 Å². The highest BCUT2D eigenvalue weighted by atomic mass is 15.2. The molecule has 0 spiro atoms. The van der Waals surface area contributed by atoms with E-state index in [1.807, 2.05) is 6.07 Å². The summed E-state index contributed by atoms with van der Waals surface area (Å²) in [5.74, 6) is 1.01. The molecule has 0 amide bonds. The fraction of sp³-hybridized carbons (Fsp3) is 0.500. The molecule has 1 fully saturated rings. The van der Waals surface area contributed by atoms with Gasteiger partial charge in [0.2, 0.25) is 5.95 Å². The molecular weight excluding hydrogens is 210 g/mol. The van der Waals surface area contributed by atoms with Gasteiger partial charge in [-0.25, -0.2) is 4.98 Å². The number of para-hydroxylation sites is 2. The smallest absolute Gasteiger partial charge is 0.203 e. The SMILES string of the molecule is Cn1c(NC2CCCCC2)nc2ccccc21. The summed E-state index contributed by atoms with van der Waals surface area (Å²) >= 11 is 0. The monoisotopic (exact) mass is 229 g/mol. The quantitative estimate of drug-likeness (QED) is 0.856. The van der Waals surface area contributed by atoms with Crippen LogP contribution in [0.5, 0.6) is 0 Å². The molecule has 0 unspecified atom stereocenters. The number of aryl methyl sites for hydroxylation is 1. The first-order valence-corrected chi connectivity index (χ1v) is 6.52. The van der Waals surface area contributed by atoms with Crippen LogP contribution in [0.4, 0.5) is 5.95 Å². The average Bonchev–Trinajstić information content (AvgIpc) is 2.68. The van der Waals surface area contributed by atoms with Crippen molar-refractivity contribution in [3.05, 3.63) is 24.3 Å². The Kier molecular flexibility index (Phi) is 2.75.